The molecule has 1 aromatic carbocycles. The lowest BCUT2D eigenvalue weighted by Crippen LogP contribution is -2.40. The minimum Gasteiger partial charge on any atom is -0.306 e. The predicted molar refractivity (Wildman–Crippen MR) is 68.7 cm³/mol. The molecule has 1 aromatic heterocycles. The number of rotatable bonds is 3. The summed E-state index contributed by atoms with van der Waals surface area (Å²) in [4.78, 5) is 23.8. The first-order chi connectivity index (χ1) is 9.15. The smallest absolute Gasteiger partial charge is 0.306 e. The van der Waals surface area contributed by atoms with E-state index in [9.17, 15) is 14.0 Å². The summed E-state index contributed by atoms with van der Waals surface area (Å²) in [5.41, 5.74) is -0.397. The Labute approximate surface area is 108 Å². The molecule has 0 unspecified atom stereocenters. The monoisotopic (exact) mass is 260 g/mol. The van der Waals surface area contributed by atoms with Gasteiger partial charge < -0.3 is 9.13 Å². The Hall–Kier alpha value is -2.17. The molecule has 0 radical (unpaired) electrons. The molecule has 0 aliphatic heterocycles. The Bertz CT molecular complexity index is 729. The van der Waals surface area contributed by atoms with E-state index in [1.54, 1.807) is 24.5 Å². The summed E-state index contributed by atoms with van der Waals surface area (Å²) < 4.78 is 15.9. The maximum Gasteiger partial charge on any atom is 0.316 e. The van der Waals surface area contributed by atoms with Crippen LogP contribution in [-0.4, -0.2) is 9.13 Å². The first kappa shape index (κ1) is 11.9. The molecule has 5 heteroatoms. The van der Waals surface area contributed by atoms with Crippen molar-refractivity contribution in [1.82, 2.24) is 9.13 Å². The summed E-state index contributed by atoms with van der Waals surface area (Å²) in [5, 5.41) is 0. The van der Waals surface area contributed by atoms with Gasteiger partial charge in [0.15, 0.2) is 0 Å². The minimum absolute atomic E-state index is 0.184. The van der Waals surface area contributed by atoms with Crippen molar-refractivity contribution in [2.75, 3.05) is 0 Å². The third-order valence-corrected chi connectivity index (χ3v) is 3.27. The van der Waals surface area contributed by atoms with Crippen LogP contribution in [0.25, 0.3) is 0 Å². The maximum absolute atomic E-state index is 13.1. The number of hydrogen-bond donors (Lipinski definition) is 0. The van der Waals surface area contributed by atoms with Crippen LogP contribution in [0.1, 0.15) is 24.4 Å². The molecule has 1 heterocycles. The van der Waals surface area contributed by atoms with Gasteiger partial charge in [0, 0.05) is 18.4 Å². The summed E-state index contributed by atoms with van der Waals surface area (Å²) in [6.07, 6.45) is 5.13. The van der Waals surface area contributed by atoms with E-state index in [1.807, 2.05) is 0 Å². The summed E-state index contributed by atoms with van der Waals surface area (Å²) in [6.45, 7) is 0.206. The second-order valence-electron chi connectivity index (χ2n) is 4.80. The highest BCUT2D eigenvalue weighted by Crippen LogP contribution is 2.32. The second kappa shape index (κ2) is 4.50. The fourth-order valence-electron chi connectivity index (χ4n) is 2.12. The van der Waals surface area contributed by atoms with Crippen molar-refractivity contribution < 1.29 is 4.39 Å². The van der Waals surface area contributed by atoms with E-state index in [4.69, 9.17) is 0 Å². The molecule has 1 aliphatic carbocycles. The van der Waals surface area contributed by atoms with Crippen LogP contribution in [0, 0.1) is 5.82 Å². The molecular formula is C14H13FN2O2. The van der Waals surface area contributed by atoms with Gasteiger partial charge in [-0.2, -0.15) is 0 Å². The van der Waals surface area contributed by atoms with E-state index in [0.717, 1.165) is 12.8 Å². The van der Waals surface area contributed by atoms with E-state index < -0.39 is 11.1 Å². The number of aromatic nitrogens is 2. The summed E-state index contributed by atoms with van der Waals surface area (Å²) >= 11 is 0. The van der Waals surface area contributed by atoms with Gasteiger partial charge in [0.1, 0.15) is 5.82 Å². The van der Waals surface area contributed by atoms with E-state index >= 15 is 0 Å². The van der Waals surface area contributed by atoms with Crippen LogP contribution in [0.15, 0.2) is 46.2 Å². The van der Waals surface area contributed by atoms with E-state index in [1.165, 1.54) is 21.3 Å². The lowest BCUT2D eigenvalue weighted by atomic mass is 10.2. The van der Waals surface area contributed by atoms with Gasteiger partial charge in [-0.05, 0) is 30.5 Å². The largest absolute Gasteiger partial charge is 0.316 e. The summed E-state index contributed by atoms with van der Waals surface area (Å²) in [7, 11) is 0. The molecule has 3 rings (SSSR count). The van der Waals surface area contributed by atoms with Gasteiger partial charge in [-0.15, -0.1) is 0 Å². The second-order valence-corrected chi connectivity index (χ2v) is 4.80. The van der Waals surface area contributed by atoms with Crippen molar-refractivity contribution in [2.45, 2.75) is 25.4 Å². The lowest BCUT2D eigenvalue weighted by Gasteiger charge is -2.08. The van der Waals surface area contributed by atoms with Gasteiger partial charge in [0.2, 0.25) is 0 Å². The third-order valence-electron chi connectivity index (χ3n) is 3.27. The quantitative estimate of drug-likeness (QED) is 0.786. The van der Waals surface area contributed by atoms with E-state index in [-0.39, 0.29) is 18.4 Å². The molecule has 0 N–H and O–H groups in total. The third kappa shape index (κ3) is 2.36. The first-order valence-electron chi connectivity index (χ1n) is 6.21. The van der Waals surface area contributed by atoms with Gasteiger partial charge in [-0.3, -0.25) is 9.59 Å². The van der Waals surface area contributed by atoms with Crippen LogP contribution in [0.4, 0.5) is 4.39 Å². The lowest BCUT2D eigenvalue weighted by molar-refractivity contribution is 0.617. The summed E-state index contributed by atoms with van der Waals surface area (Å²) in [6, 6.07) is 6.20. The van der Waals surface area contributed by atoms with Crippen molar-refractivity contribution in [3.8, 4) is 0 Å². The average Bonchev–Trinajstić information content (AvgIpc) is 3.20. The number of hydrogen-bond acceptors (Lipinski definition) is 2. The molecule has 2 aromatic rings. The van der Waals surface area contributed by atoms with Gasteiger partial charge in [0.25, 0.3) is 0 Å². The summed E-state index contributed by atoms with van der Waals surface area (Å²) in [5.74, 6) is -0.350. The van der Waals surface area contributed by atoms with Gasteiger partial charge in [-0.25, -0.2) is 4.39 Å². The van der Waals surface area contributed by atoms with Crippen molar-refractivity contribution >= 4 is 0 Å². The zero-order valence-corrected chi connectivity index (χ0v) is 10.3. The van der Waals surface area contributed by atoms with Crippen LogP contribution >= 0.6 is 0 Å². The predicted octanol–water partition coefficient (Wildman–Crippen LogP) is 1.53. The zero-order chi connectivity index (χ0) is 13.4. The molecule has 0 atom stereocenters. The van der Waals surface area contributed by atoms with Crippen LogP contribution in [-0.2, 0) is 6.54 Å². The zero-order valence-electron chi connectivity index (χ0n) is 10.3. The fourth-order valence-corrected chi connectivity index (χ4v) is 2.12. The topological polar surface area (TPSA) is 44.0 Å². The molecule has 0 saturated heterocycles. The molecule has 0 spiro atoms. The number of benzene rings is 1. The molecule has 1 saturated carbocycles. The first-order valence-corrected chi connectivity index (χ1v) is 6.21. The van der Waals surface area contributed by atoms with Crippen molar-refractivity contribution in [2.24, 2.45) is 0 Å². The Morgan fingerprint density at radius 2 is 1.95 bits per heavy atom. The molecule has 0 amide bonds. The molecule has 19 heavy (non-hydrogen) atoms. The molecular weight excluding hydrogens is 247 g/mol. The molecule has 1 fully saturated rings. The Morgan fingerprint density at radius 1 is 1.16 bits per heavy atom. The van der Waals surface area contributed by atoms with E-state index in [2.05, 4.69) is 0 Å². The Morgan fingerprint density at radius 3 is 2.63 bits per heavy atom. The van der Waals surface area contributed by atoms with Crippen LogP contribution in [0.5, 0.6) is 0 Å². The molecule has 1 aliphatic rings. The molecule has 0 bridgehead atoms. The van der Waals surface area contributed by atoms with Crippen molar-refractivity contribution in [1.29, 1.82) is 0 Å². The minimum atomic E-state index is -0.557. The highest BCUT2D eigenvalue weighted by atomic mass is 19.1. The van der Waals surface area contributed by atoms with Crippen LogP contribution < -0.4 is 11.1 Å². The Kier molecular flexibility index (Phi) is 2.81. The average molecular weight is 260 g/mol. The van der Waals surface area contributed by atoms with Crippen molar-refractivity contribution in [3.05, 3.63) is 68.7 Å². The number of nitrogens with zero attached hydrogens (tertiary/aromatic N) is 2. The molecule has 4 nitrogen and oxygen atoms in total. The standard InChI is InChI=1S/C14H13FN2O2/c15-11-3-1-2-10(8-11)9-16-6-7-17(12-4-5-12)14(19)13(16)18/h1-3,6-8,12H,4-5,9H2. The molecule has 98 valence electrons. The highest BCUT2D eigenvalue weighted by Gasteiger charge is 2.25. The Balaban J connectivity index is 1.96. The van der Waals surface area contributed by atoms with Crippen molar-refractivity contribution in [3.63, 3.8) is 0 Å². The van der Waals surface area contributed by atoms with E-state index in [0.29, 0.717) is 5.56 Å². The van der Waals surface area contributed by atoms with Gasteiger partial charge in [0.05, 0.1) is 6.54 Å². The maximum atomic E-state index is 13.1. The van der Waals surface area contributed by atoms with Gasteiger partial charge >= 0.3 is 11.1 Å². The van der Waals surface area contributed by atoms with Crippen LogP contribution in [0.2, 0.25) is 0 Å². The van der Waals surface area contributed by atoms with Gasteiger partial charge in [-0.1, -0.05) is 12.1 Å². The van der Waals surface area contributed by atoms with Crippen LogP contribution in [0.3, 0.4) is 0 Å². The fraction of sp³-hybridized carbons (Fsp3) is 0.286. The SMILES string of the molecule is O=c1c(=O)n(C2CC2)ccn1Cc1cccc(F)c1. The highest BCUT2D eigenvalue weighted by molar-refractivity contribution is 5.16. The number of halogens is 1. The normalized spacial score (nSPS) is 14.6.